The molecule has 5 heteroatoms. The monoisotopic (exact) mass is 293 g/mol. The van der Waals surface area contributed by atoms with E-state index in [0.717, 1.165) is 36.0 Å². The second-order valence-corrected chi connectivity index (χ2v) is 4.12. The van der Waals surface area contributed by atoms with Crippen molar-refractivity contribution in [2.45, 2.75) is 25.3 Å². The molecule has 0 radical (unpaired) electrons. The van der Waals surface area contributed by atoms with Crippen molar-refractivity contribution in [3.63, 3.8) is 0 Å². The lowest BCUT2D eigenvalue weighted by Crippen LogP contribution is -2.11. The Hall–Kier alpha value is -0.160. The first-order valence-electron chi connectivity index (χ1n) is 4.81. The number of halogens is 2. The first kappa shape index (κ1) is 14.8. The van der Waals surface area contributed by atoms with E-state index in [-0.39, 0.29) is 18.4 Å². The predicted molar refractivity (Wildman–Crippen MR) is 69.0 cm³/mol. The fourth-order valence-electron chi connectivity index (χ4n) is 1.28. The second kappa shape index (κ2) is 8.05. The highest BCUT2D eigenvalue weighted by Gasteiger charge is 2.05. The molecule has 15 heavy (non-hydrogen) atoms. The molecule has 0 aromatic carbocycles. The van der Waals surface area contributed by atoms with Crippen LogP contribution in [-0.4, -0.2) is 11.5 Å². The van der Waals surface area contributed by atoms with E-state index in [1.165, 1.54) is 0 Å². The molecule has 86 valence electrons. The molecule has 1 rings (SSSR count). The van der Waals surface area contributed by atoms with Gasteiger partial charge in [0.2, 0.25) is 0 Å². The van der Waals surface area contributed by atoms with Crippen LogP contribution in [0.2, 0.25) is 0 Å². The maximum absolute atomic E-state index is 5.99. The van der Waals surface area contributed by atoms with E-state index < -0.39 is 0 Å². The van der Waals surface area contributed by atoms with Crippen LogP contribution >= 0.6 is 28.3 Å². The Morgan fingerprint density at radius 1 is 1.33 bits per heavy atom. The van der Waals surface area contributed by atoms with Crippen LogP contribution in [-0.2, 0) is 0 Å². The molecule has 0 saturated carbocycles. The molecule has 0 saturated heterocycles. The molecule has 0 aliphatic rings. The average Bonchev–Trinajstić information content (AvgIpc) is 2.19. The number of rotatable bonds is 5. The smallest absolute Gasteiger partial charge is 0.106 e. The summed E-state index contributed by atoms with van der Waals surface area (Å²) in [6, 6.07) is 4.00. The van der Waals surface area contributed by atoms with Crippen molar-refractivity contribution in [3.05, 3.63) is 28.5 Å². The maximum atomic E-state index is 5.99. The average molecular weight is 295 g/mol. The molecule has 1 heterocycles. The normalized spacial score (nSPS) is 11.9. The summed E-state index contributed by atoms with van der Waals surface area (Å²) in [7, 11) is 0. The summed E-state index contributed by atoms with van der Waals surface area (Å²) >= 11 is 3.29. The number of hydrogen-bond donors (Lipinski definition) is 2. The number of nitrogens with zero attached hydrogens (tertiary/aromatic N) is 1. The molecule has 0 aliphatic heterocycles. The molecule has 0 unspecified atom stereocenters. The van der Waals surface area contributed by atoms with Gasteiger partial charge in [0.25, 0.3) is 0 Å². The van der Waals surface area contributed by atoms with E-state index in [2.05, 4.69) is 20.9 Å². The largest absolute Gasteiger partial charge is 0.330 e. The van der Waals surface area contributed by atoms with Crippen LogP contribution in [0.3, 0.4) is 0 Å². The van der Waals surface area contributed by atoms with Gasteiger partial charge in [-0.05, 0) is 46.9 Å². The molecule has 1 aromatic heterocycles. The van der Waals surface area contributed by atoms with Gasteiger partial charge in [-0.25, -0.2) is 4.98 Å². The SMILES string of the molecule is Cl.NCCCC[C@@H](N)c1ccc(Br)nc1. The highest BCUT2D eigenvalue weighted by molar-refractivity contribution is 9.10. The minimum atomic E-state index is 0. The molecule has 0 spiro atoms. The maximum Gasteiger partial charge on any atom is 0.106 e. The highest BCUT2D eigenvalue weighted by atomic mass is 79.9. The molecule has 3 nitrogen and oxygen atoms in total. The molecule has 0 bridgehead atoms. The zero-order valence-corrected chi connectivity index (χ0v) is 10.9. The molecule has 0 fully saturated rings. The first-order chi connectivity index (χ1) is 6.74. The van der Waals surface area contributed by atoms with Crippen molar-refractivity contribution in [3.8, 4) is 0 Å². The quantitative estimate of drug-likeness (QED) is 0.647. The zero-order valence-electron chi connectivity index (χ0n) is 8.53. The fraction of sp³-hybridized carbons (Fsp3) is 0.500. The Kier molecular flexibility index (Phi) is 7.96. The molecule has 4 N–H and O–H groups in total. The van der Waals surface area contributed by atoms with Crippen molar-refractivity contribution in [1.29, 1.82) is 0 Å². The Labute approximate surface area is 105 Å². The van der Waals surface area contributed by atoms with Gasteiger partial charge in [0.05, 0.1) is 0 Å². The lowest BCUT2D eigenvalue weighted by Gasteiger charge is -2.10. The van der Waals surface area contributed by atoms with Gasteiger partial charge in [-0.1, -0.05) is 12.5 Å². The van der Waals surface area contributed by atoms with Crippen LogP contribution in [0.25, 0.3) is 0 Å². The van der Waals surface area contributed by atoms with Crippen LogP contribution in [0, 0.1) is 0 Å². The van der Waals surface area contributed by atoms with Crippen molar-refractivity contribution in [2.24, 2.45) is 11.5 Å². The second-order valence-electron chi connectivity index (χ2n) is 3.31. The summed E-state index contributed by atoms with van der Waals surface area (Å²) < 4.78 is 0.843. The fourth-order valence-corrected chi connectivity index (χ4v) is 1.52. The molecular weight excluding hydrogens is 277 g/mol. The Morgan fingerprint density at radius 2 is 2.07 bits per heavy atom. The minimum Gasteiger partial charge on any atom is -0.330 e. The lowest BCUT2D eigenvalue weighted by molar-refractivity contribution is 0.589. The zero-order chi connectivity index (χ0) is 10.4. The molecule has 1 aromatic rings. The van der Waals surface area contributed by atoms with Crippen LogP contribution in [0.1, 0.15) is 30.9 Å². The van der Waals surface area contributed by atoms with Crippen molar-refractivity contribution in [2.75, 3.05) is 6.54 Å². The Morgan fingerprint density at radius 3 is 2.60 bits per heavy atom. The molecule has 1 atom stereocenters. The summed E-state index contributed by atoms with van der Waals surface area (Å²) in [6.07, 6.45) is 4.91. The van der Waals surface area contributed by atoms with E-state index in [1.54, 1.807) is 0 Å². The number of nitrogens with two attached hydrogens (primary N) is 2. The third kappa shape index (κ3) is 5.47. The van der Waals surface area contributed by atoms with Crippen molar-refractivity contribution < 1.29 is 0 Å². The third-order valence-corrected chi connectivity index (χ3v) is 2.62. The van der Waals surface area contributed by atoms with E-state index >= 15 is 0 Å². The molecular formula is C10H17BrClN3. The summed E-state index contributed by atoms with van der Waals surface area (Å²) in [5.74, 6) is 0. The van der Waals surface area contributed by atoms with Crippen LogP contribution < -0.4 is 11.5 Å². The van der Waals surface area contributed by atoms with Crippen LogP contribution in [0.5, 0.6) is 0 Å². The summed E-state index contributed by atoms with van der Waals surface area (Å²) in [5, 5.41) is 0. The van der Waals surface area contributed by atoms with Crippen LogP contribution in [0.4, 0.5) is 0 Å². The van der Waals surface area contributed by atoms with Gasteiger partial charge in [-0.15, -0.1) is 12.4 Å². The lowest BCUT2D eigenvalue weighted by atomic mass is 10.0. The number of unbranched alkanes of at least 4 members (excludes halogenated alkanes) is 1. The highest BCUT2D eigenvalue weighted by Crippen LogP contribution is 2.17. The van der Waals surface area contributed by atoms with E-state index in [1.807, 2.05) is 18.3 Å². The first-order valence-corrected chi connectivity index (χ1v) is 5.60. The third-order valence-electron chi connectivity index (χ3n) is 2.15. The summed E-state index contributed by atoms with van der Waals surface area (Å²) in [6.45, 7) is 0.741. The van der Waals surface area contributed by atoms with Crippen LogP contribution in [0.15, 0.2) is 22.9 Å². The van der Waals surface area contributed by atoms with Gasteiger partial charge >= 0.3 is 0 Å². The van der Waals surface area contributed by atoms with Gasteiger partial charge in [0.15, 0.2) is 0 Å². The Bertz CT molecular complexity index is 266. The number of pyridine rings is 1. The molecule has 0 aliphatic carbocycles. The van der Waals surface area contributed by atoms with Gasteiger partial charge < -0.3 is 11.5 Å². The van der Waals surface area contributed by atoms with Crippen molar-refractivity contribution >= 4 is 28.3 Å². The Balaban J connectivity index is 0.00000196. The van der Waals surface area contributed by atoms with E-state index in [0.29, 0.717) is 0 Å². The van der Waals surface area contributed by atoms with Gasteiger partial charge in [0.1, 0.15) is 4.60 Å². The standard InChI is InChI=1S/C10H16BrN3.ClH/c11-10-5-4-8(7-14-10)9(13)3-1-2-6-12;/h4-5,7,9H,1-3,6,12-13H2;1H/t9-;/m1./s1. The molecule has 0 amide bonds. The van der Waals surface area contributed by atoms with Gasteiger partial charge in [-0.3, -0.25) is 0 Å². The van der Waals surface area contributed by atoms with Crippen molar-refractivity contribution in [1.82, 2.24) is 4.98 Å². The number of hydrogen-bond acceptors (Lipinski definition) is 3. The summed E-state index contributed by atoms with van der Waals surface area (Å²) in [5.41, 5.74) is 12.5. The summed E-state index contributed by atoms with van der Waals surface area (Å²) in [4.78, 5) is 4.14. The van der Waals surface area contributed by atoms with Gasteiger partial charge in [0, 0.05) is 12.2 Å². The van der Waals surface area contributed by atoms with E-state index in [4.69, 9.17) is 11.5 Å². The minimum absolute atomic E-state index is 0. The van der Waals surface area contributed by atoms with E-state index in [9.17, 15) is 0 Å². The predicted octanol–water partition coefficient (Wildman–Crippen LogP) is 2.39. The topological polar surface area (TPSA) is 64.9 Å². The van der Waals surface area contributed by atoms with Gasteiger partial charge in [-0.2, -0.15) is 0 Å². The number of aromatic nitrogens is 1.